The molecule has 0 fully saturated rings. The predicted octanol–water partition coefficient (Wildman–Crippen LogP) is 3.56. The number of nitrogens with one attached hydrogen (secondary N) is 1. The van der Waals surface area contributed by atoms with Crippen LogP contribution in [-0.4, -0.2) is 4.57 Å². The van der Waals surface area contributed by atoms with Gasteiger partial charge < -0.3 is 9.88 Å². The van der Waals surface area contributed by atoms with Crippen molar-refractivity contribution in [2.75, 3.05) is 5.32 Å². The van der Waals surface area contributed by atoms with Crippen LogP contribution in [0.3, 0.4) is 0 Å². The number of aromatic nitrogens is 1. The van der Waals surface area contributed by atoms with Crippen LogP contribution in [0.25, 0.3) is 0 Å². The monoisotopic (exact) mass is 228 g/mol. The highest BCUT2D eigenvalue weighted by molar-refractivity contribution is 5.45. The summed E-state index contributed by atoms with van der Waals surface area (Å²) in [6.45, 7) is 7.30. The molecule has 0 atom stereocenters. The van der Waals surface area contributed by atoms with E-state index in [1.54, 1.807) is 0 Å². The Hall–Kier alpha value is -1.70. The van der Waals surface area contributed by atoms with Crippen LogP contribution in [0.5, 0.6) is 0 Å². The zero-order valence-corrected chi connectivity index (χ0v) is 11.0. The van der Waals surface area contributed by atoms with Gasteiger partial charge in [-0.3, -0.25) is 0 Å². The van der Waals surface area contributed by atoms with Crippen LogP contribution in [0.1, 0.15) is 22.5 Å². The first-order chi connectivity index (χ1) is 8.08. The van der Waals surface area contributed by atoms with Crippen LogP contribution in [0, 0.1) is 20.8 Å². The standard InChI is InChI=1S/C15H20N2/c1-11-5-7-15(8-6-11)16-10-14-9-12(2)17(4)13(14)3/h5-9,16H,10H2,1-4H3. The lowest BCUT2D eigenvalue weighted by molar-refractivity contribution is 0.837. The van der Waals surface area contributed by atoms with Crippen molar-refractivity contribution in [2.24, 2.45) is 7.05 Å². The fourth-order valence-electron chi connectivity index (χ4n) is 1.98. The Labute approximate surface area is 103 Å². The van der Waals surface area contributed by atoms with Crippen LogP contribution < -0.4 is 5.32 Å². The summed E-state index contributed by atoms with van der Waals surface area (Å²) in [6.07, 6.45) is 0. The van der Waals surface area contributed by atoms with Crippen molar-refractivity contribution in [3.05, 3.63) is 52.8 Å². The van der Waals surface area contributed by atoms with E-state index in [-0.39, 0.29) is 0 Å². The molecule has 2 nitrogen and oxygen atoms in total. The molecule has 90 valence electrons. The van der Waals surface area contributed by atoms with E-state index in [1.807, 2.05) is 0 Å². The van der Waals surface area contributed by atoms with Gasteiger partial charge in [-0.2, -0.15) is 0 Å². The Morgan fingerprint density at radius 1 is 1.06 bits per heavy atom. The largest absolute Gasteiger partial charge is 0.381 e. The van der Waals surface area contributed by atoms with E-state index in [1.165, 1.54) is 28.2 Å². The van der Waals surface area contributed by atoms with Crippen molar-refractivity contribution in [1.82, 2.24) is 4.57 Å². The summed E-state index contributed by atoms with van der Waals surface area (Å²) < 4.78 is 2.23. The molecule has 0 saturated carbocycles. The summed E-state index contributed by atoms with van der Waals surface area (Å²) >= 11 is 0. The Balaban J connectivity index is 2.07. The molecule has 0 aliphatic carbocycles. The van der Waals surface area contributed by atoms with Gasteiger partial charge in [0.15, 0.2) is 0 Å². The quantitative estimate of drug-likeness (QED) is 0.850. The molecule has 1 heterocycles. The number of benzene rings is 1. The van der Waals surface area contributed by atoms with Crippen LogP contribution in [-0.2, 0) is 13.6 Å². The Kier molecular flexibility index (Phi) is 3.23. The van der Waals surface area contributed by atoms with Gasteiger partial charge >= 0.3 is 0 Å². The average molecular weight is 228 g/mol. The molecular weight excluding hydrogens is 208 g/mol. The number of hydrogen-bond acceptors (Lipinski definition) is 1. The number of nitrogens with zero attached hydrogens (tertiary/aromatic N) is 1. The minimum atomic E-state index is 0.885. The second kappa shape index (κ2) is 4.66. The van der Waals surface area contributed by atoms with E-state index in [9.17, 15) is 0 Å². The van der Waals surface area contributed by atoms with Crippen molar-refractivity contribution >= 4 is 5.69 Å². The Morgan fingerprint density at radius 3 is 2.24 bits per heavy atom. The van der Waals surface area contributed by atoms with Gasteiger partial charge in [0.2, 0.25) is 0 Å². The fraction of sp³-hybridized carbons (Fsp3) is 0.333. The molecule has 17 heavy (non-hydrogen) atoms. The van der Waals surface area contributed by atoms with E-state index < -0.39 is 0 Å². The molecule has 0 bridgehead atoms. The number of anilines is 1. The molecule has 0 aliphatic rings. The Bertz CT molecular complexity index is 506. The third-order valence-electron chi connectivity index (χ3n) is 3.41. The molecule has 0 spiro atoms. The van der Waals surface area contributed by atoms with Crippen molar-refractivity contribution in [3.63, 3.8) is 0 Å². The van der Waals surface area contributed by atoms with Gasteiger partial charge in [-0.05, 0) is 44.5 Å². The maximum Gasteiger partial charge on any atom is 0.0418 e. The minimum absolute atomic E-state index is 0.885. The molecule has 2 aromatic rings. The molecule has 0 amide bonds. The van der Waals surface area contributed by atoms with Gasteiger partial charge in [-0.25, -0.2) is 0 Å². The third-order valence-corrected chi connectivity index (χ3v) is 3.41. The molecule has 2 heteroatoms. The molecule has 1 aromatic heterocycles. The first-order valence-electron chi connectivity index (χ1n) is 6.00. The minimum Gasteiger partial charge on any atom is -0.381 e. The molecule has 0 unspecified atom stereocenters. The Morgan fingerprint density at radius 2 is 1.71 bits per heavy atom. The van der Waals surface area contributed by atoms with Gasteiger partial charge in [0, 0.05) is 30.7 Å². The highest BCUT2D eigenvalue weighted by Crippen LogP contribution is 2.16. The fourth-order valence-corrected chi connectivity index (χ4v) is 1.98. The second-order valence-corrected chi connectivity index (χ2v) is 4.67. The molecular formula is C15H20N2. The van der Waals surface area contributed by atoms with Crippen molar-refractivity contribution in [2.45, 2.75) is 27.3 Å². The van der Waals surface area contributed by atoms with E-state index in [4.69, 9.17) is 0 Å². The van der Waals surface area contributed by atoms with E-state index in [2.05, 4.69) is 68.0 Å². The van der Waals surface area contributed by atoms with Crippen molar-refractivity contribution in [3.8, 4) is 0 Å². The van der Waals surface area contributed by atoms with Crippen LogP contribution in [0.4, 0.5) is 5.69 Å². The lowest BCUT2D eigenvalue weighted by Gasteiger charge is -2.07. The van der Waals surface area contributed by atoms with Crippen molar-refractivity contribution < 1.29 is 0 Å². The predicted molar refractivity (Wildman–Crippen MR) is 73.4 cm³/mol. The van der Waals surface area contributed by atoms with Gasteiger partial charge in [0.05, 0.1) is 0 Å². The second-order valence-electron chi connectivity index (χ2n) is 4.67. The summed E-state index contributed by atoms with van der Waals surface area (Å²) in [5.41, 5.74) is 6.48. The molecule has 0 aliphatic heterocycles. The van der Waals surface area contributed by atoms with E-state index in [0.29, 0.717) is 0 Å². The summed E-state index contributed by atoms with van der Waals surface area (Å²) in [5, 5.41) is 3.46. The highest BCUT2D eigenvalue weighted by atomic mass is 15.0. The maximum absolute atomic E-state index is 3.46. The highest BCUT2D eigenvalue weighted by Gasteiger charge is 2.05. The number of hydrogen-bond donors (Lipinski definition) is 1. The molecule has 0 radical (unpaired) electrons. The molecule has 2 rings (SSSR count). The van der Waals surface area contributed by atoms with Gasteiger partial charge in [0.25, 0.3) is 0 Å². The van der Waals surface area contributed by atoms with Gasteiger partial charge in [-0.1, -0.05) is 17.7 Å². The molecule has 1 N–H and O–H groups in total. The lowest BCUT2D eigenvalue weighted by atomic mass is 10.2. The smallest absolute Gasteiger partial charge is 0.0418 e. The van der Waals surface area contributed by atoms with E-state index in [0.717, 1.165) is 6.54 Å². The summed E-state index contributed by atoms with van der Waals surface area (Å²) in [6, 6.07) is 10.8. The maximum atomic E-state index is 3.46. The van der Waals surface area contributed by atoms with Crippen LogP contribution in [0.15, 0.2) is 30.3 Å². The lowest BCUT2D eigenvalue weighted by Crippen LogP contribution is -2.01. The van der Waals surface area contributed by atoms with Gasteiger partial charge in [0.1, 0.15) is 0 Å². The molecule has 1 aromatic carbocycles. The summed E-state index contributed by atoms with van der Waals surface area (Å²) in [4.78, 5) is 0. The van der Waals surface area contributed by atoms with Gasteiger partial charge in [-0.15, -0.1) is 0 Å². The number of aryl methyl sites for hydroxylation is 2. The zero-order chi connectivity index (χ0) is 12.4. The van der Waals surface area contributed by atoms with Crippen molar-refractivity contribution in [1.29, 1.82) is 0 Å². The van der Waals surface area contributed by atoms with Crippen LogP contribution in [0.2, 0.25) is 0 Å². The third kappa shape index (κ3) is 2.52. The van der Waals surface area contributed by atoms with Crippen LogP contribution >= 0.6 is 0 Å². The number of rotatable bonds is 3. The average Bonchev–Trinajstić information content (AvgIpc) is 2.56. The summed E-state index contributed by atoms with van der Waals surface area (Å²) in [5.74, 6) is 0. The topological polar surface area (TPSA) is 17.0 Å². The molecule has 0 saturated heterocycles. The first-order valence-corrected chi connectivity index (χ1v) is 6.00. The van der Waals surface area contributed by atoms with E-state index >= 15 is 0 Å². The SMILES string of the molecule is Cc1ccc(NCc2cc(C)n(C)c2C)cc1. The first kappa shape index (κ1) is 11.8. The normalized spacial score (nSPS) is 10.6. The zero-order valence-electron chi connectivity index (χ0n) is 11.0. The summed E-state index contributed by atoms with van der Waals surface area (Å²) in [7, 11) is 2.11.